The second kappa shape index (κ2) is 4.17. The van der Waals surface area contributed by atoms with Crippen molar-refractivity contribution in [2.75, 3.05) is 19.8 Å². The Kier molecular flexibility index (Phi) is 2.93. The van der Waals surface area contributed by atoms with Crippen LogP contribution in [0.3, 0.4) is 0 Å². The lowest BCUT2D eigenvalue weighted by Crippen LogP contribution is -2.80. The largest absolute Gasteiger partial charge is 0.394 e. The van der Waals surface area contributed by atoms with Crippen molar-refractivity contribution in [1.29, 1.82) is 0 Å². The van der Waals surface area contributed by atoms with Crippen LogP contribution in [0.5, 0.6) is 0 Å². The Hall–Kier alpha value is -0.650. The van der Waals surface area contributed by atoms with Crippen LogP contribution in [0.4, 0.5) is 0 Å². The Bertz CT molecular complexity index is 398. The maximum absolute atomic E-state index is 12.9. The Morgan fingerprint density at radius 2 is 2.21 bits per heavy atom. The molecular formula is C14H24N2O3. The van der Waals surface area contributed by atoms with Crippen LogP contribution < -0.4 is 5.73 Å². The summed E-state index contributed by atoms with van der Waals surface area (Å²) in [6, 6.07) is -0.0508. The Balaban J connectivity index is 1.86. The minimum Gasteiger partial charge on any atom is -0.394 e. The Morgan fingerprint density at radius 1 is 1.47 bits per heavy atom. The first kappa shape index (κ1) is 13.3. The van der Waals surface area contributed by atoms with E-state index in [4.69, 9.17) is 10.5 Å². The van der Waals surface area contributed by atoms with E-state index in [9.17, 15) is 9.90 Å². The van der Waals surface area contributed by atoms with Crippen LogP contribution >= 0.6 is 0 Å². The number of aliphatic hydroxyl groups is 1. The lowest BCUT2D eigenvalue weighted by Gasteiger charge is -2.61. The quantitative estimate of drug-likeness (QED) is 0.745. The molecule has 0 bridgehead atoms. The molecule has 0 spiro atoms. The zero-order valence-corrected chi connectivity index (χ0v) is 11.8. The molecule has 3 N–H and O–H groups in total. The molecular weight excluding hydrogens is 244 g/mol. The zero-order chi connectivity index (χ0) is 13.8. The number of hydrogen-bond acceptors (Lipinski definition) is 4. The first-order valence-corrected chi connectivity index (χ1v) is 7.27. The van der Waals surface area contributed by atoms with Crippen LogP contribution in [0.1, 0.15) is 33.1 Å². The molecule has 108 valence electrons. The van der Waals surface area contributed by atoms with Gasteiger partial charge in [0, 0.05) is 24.5 Å². The highest BCUT2D eigenvalue weighted by Crippen LogP contribution is 2.59. The van der Waals surface area contributed by atoms with Gasteiger partial charge in [-0.15, -0.1) is 0 Å². The molecule has 2 aliphatic heterocycles. The standard InChI is InChI=1S/C14H24N2O3/c1-13(2)11-10(5-7-19-11)14(13,15)12(18)16-6-3-4-9(16)8-17/h9-11,17H,3-8,15H2,1-2H3/t9-,10?,11?,14?/m0/s1. The van der Waals surface area contributed by atoms with E-state index >= 15 is 0 Å². The van der Waals surface area contributed by atoms with Gasteiger partial charge in [0.2, 0.25) is 5.91 Å². The molecule has 3 unspecified atom stereocenters. The number of nitrogens with zero attached hydrogens (tertiary/aromatic N) is 1. The number of likely N-dealkylation sites (tertiary alicyclic amines) is 1. The first-order valence-electron chi connectivity index (χ1n) is 7.27. The predicted octanol–water partition coefficient (Wildman–Crippen LogP) is 0.112. The maximum atomic E-state index is 12.9. The van der Waals surface area contributed by atoms with Gasteiger partial charge in [0.1, 0.15) is 5.54 Å². The second-order valence-electron chi connectivity index (χ2n) is 6.75. The van der Waals surface area contributed by atoms with Crippen LogP contribution in [0.15, 0.2) is 0 Å². The van der Waals surface area contributed by atoms with Gasteiger partial charge >= 0.3 is 0 Å². The normalized spacial score (nSPS) is 44.0. The van der Waals surface area contributed by atoms with Crippen LogP contribution in [0.2, 0.25) is 0 Å². The van der Waals surface area contributed by atoms with Gasteiger partial charge in [-0.2, -0.15) is 0 Å². The molecule has 1 aliphatic carbocycles. The fraction of sp³-hybridized carbons (Fsp3) is 0.929. The molecule has 0 aromatic rings. The third-order valence-electron chi connectivity index (χ3n) is 5.66. The number of aliphatic hydroxyl groups excluding tert-OH is 1. The van der Waals surface area contributed by atoms with Crippen LogP contribution in [0, 0.1) is 11.3 Å². The van der Waals surface area contributed by atoms with Crippen molar-refractivity contribution in [3.05, 3.63) is 0 Å². The van der Waals surface area contributed by atoms with Crippen molar-refractivity contribution >= 4 is 5.91 Å². The fourth-order valence-electron chi connectivity index (χ4n) is 4.35. The topological polar surface area (TPSA) is 75.8 Å². The van der Waals surface area contributed by atoms with Gasteiger partial charge in [-0.1, -0.05) is 13.8 Å². The number of fused-ring (bicyclic) bond motifs is 1. The highest BCUT2D eigenvalue weighted by Gasteiger charge is 2.72. The van der Waals surface area contributed by atoms with E-state index in [1.807, 2.05) is 13.8 Å². The van der Waals surface area contributed by atoms with Crippen molar-refractivity contribution in [2.24, 2.45) is 17.1 Å². The lowest BCUT2D eigenvalue weighted by molar-refractivity contribution is -0.185. The van der Waals surface area contributed by atoms with Gasteiger partial charge in [-0.3, -0.25) is 4.79 Å². The minimum absolute atomic E-state index is 0.0146. The summed E-state index contributed by atoms with van der Waals surface area (Å²) in [5.41, 5.74) is 5.40. The van der Waals surface area contributed by atoms with Crippen molar-refractivity contribution in [2.45, 2.75) is 50.8 Å². The molecule has 3 aliphatic rings. The molecule has 1 amide bonds. The van der Waals surface area contributed by atoms with E-state index in [2.05, 4.69) is 0 Å². The number of rotatable bonds is 2. The molecule has 3 rings (SSSR count). The van der Waals surface area contributed by atoms with Gasteiger partial charge < -0.3 is 20.5 Å². The Morgan fingerprint density at radius 3 is 2.89 bits per heavy atom. The van der Waals surface area contributed by atoms with Gasteiger partial charge in [-0.05, 0) is 19.3 Å². The number of amides is 1. The first-order chi connectivity index (χ1) is 8.94. The minimum atomic E-state index is -0.827. The van der Waals surface area contributed by atoms with Gasteiger partial charge in [0.05, 0.1) is 18.8 Å². The summed E-state index contributed by atoms with van der Waals surface area (Å²) >= 11 is 0. The van der Waals surface area contributed by atoms with Crippen molar-refractivity contribution in [3.8, 4) is 0 Å². The van der Waals surface area contributed by atoms with Crippen molar-refractivity contribution in [3.63, 3.8) is 0 Å². The van der Waals surface area contributed by atoms with E-state index in [-0.39, 0.29) is 36.0 Å². The number of carbonyl (C=O) groups excluding carboxylic acids is 1. The highest BCUT2D eigenvalue weighted by molar-refractivity contribution is 5.90. The van der Waals surface area contributed by atoms with Gasteiger partial charge in [0.25, 0.3) is 0 Å². The summed E-state index contributed by atoms with van der Waals surface area (Å²) in [7, 11) is 0. The molecule has 2 heterocycles. The molecule has 0 aromatic heterocycles. The van der Waals surface area contributed by atoms with Crippen LogP contribution in [0.25, 0.3) is 0 Å². The van der Waals surface area contributed by atoms with E-state index in [1.165, 1.54) is 0 Å². The molecule has 2 saturated heterocycles. The molecule has 0 aromatic carbocycles. The average molecular weight is 268 g/mol. The summed E-state index contributed by atoms with van der Waals surface area (Å²) < 4.78 is 5.73. The summed E-state index contributed by atoms with van der Waals surface area (Å²) in [6.07, 6.45) is 2.81. The number of nitrogens with two attached hydrogens (primary N) is 1. The molecule has 5 nitrogen and oxygen atoms in total. The lowest BCUT2D eigenvalue weighted by atomic mass is 9.47. The van der Waals surface area contributed by atoms with E-state index in [1.54, 1.807) is 4.90 Å². The molecule has 5 heteroatoms. The van der Waals surface area contributed by atoms with E-state index in [0.29, 0.717) is 6.61 Å². The predicted molar refractivity (Wildman–Crippen MR) is 70.4 cm³/mol. The molecule has 3 fully saturated rings. The third-order valence-corrected chi connectivity index (χ3v) is 5.66. The average Bonchev–Trinajstić information content (AvgIpc) is 3.04. The van der Waals surface area contributed by atoms with E-state index in [0.717, 1.165) is 25.8 Å². The second-order valence-corrected chi connectivity index (χ2v) is 6.75. The van der Waals surface area contributed by atoms with Crippen LogP contribution in [-0.4, -0.2) is 53.4 Å². The summed E-state index contributed by atoms with van der Waals surface area (Å²) in [5, 5.41) is 9.40. The summed E-state index contributed by atoms with van der Waals surface area (Å²) in [4.78, 5) is 14.7. The Labute approximate surface area is 114 Å². The monoisotopic (exact) mass is 268 g/mol. The smallest absolute Gasteiger partial charge is 0.244 e. The summed E-state index contributed by atoms with van der Waals surface area (Å²) in [5.74, 6) is 0.149. The summed E-state index contributed by atoms with van der Waals surface area (Å²) in [6.45, 7) is 5.52. The fourth-order valence-corrected chi connectivity index (χ4v) is 4.35. The SMILES string of the molecule is CC1(C)C2OCCC2C1(N)C(=O)N1CCC[C@H]1CO. The van der Waals surface area contributed by atoms with Gasteiger partial charge in [0.15, 0.2) is 0 Å². The molecule has 19 heavy (non-hydrogen) atoms. The van der Waals surface area contributed by atoms with Crippen molar-refractivity contribution in [1.82, 2.24) is 4.90 Å². The highest BCUT2D eigenvalue weighted by atomic mass is 16.5. The molecule has 4 atom stereocenters. The maximum Gasteiger partial charge on any atom is 0.244 e. The third kappa shape index (κ3) is 1.49. The van der Waals surface area contributed by atoms with Gasteiger partial charge in [-0.25, -0.2) is 0 Å². The number of carbonyl (C=O) groups is 1. The number of hydrogen-bond donors (Lipinski definition) is 2. The zero-order valence-electron chi connectivity index (χ0n) is 11.8. The van der Waals surface area contributed by atoms with E-state index < -0.39 is 5.54 Å². The number of ether oxygens (including phenoxy) is 1. The molecule has 0 radical (unpaired) electrons. The van der Waals surface area contributed by atoms with Crippen LogP contribution in [-0.2, 0) is 9.53 Å². The molecule has 1 saturated carbocycles. The van der Waals surface area contributed by atoms with Crippen molar-refractivity contribution < 1.29 is 14.6 Å².